The number of fused-ring (bicyclic) bond motifs is 1. The quantitative estimate of drug-likeness (QED) is 0.162. The minimum absolute atomic E-state index is 0.00343. The summed E-state index contributed by atoms with van der Waals surface area (Å²) in [6, 6.07) is 20.6. The first-order valence-electron chi connectivity index (χ1n) is 13.8. The number of aryl methyl sites for hydroxylation is 4. The summed E-state index contributed by atoms with van der Waals surface area (Å²) >= 11 is 0. The van der Waals surface area contributed by atoms with Gasteiger partial charge in [0.15, 0.2) is 0 Å². The van der Waals surface area contributed by atoms with E-state index in [9.17, 15) is 8.78 Å². The summed E-state index contributed by atoms with van der Waals surface area (Å²) in [6.07, 6.45) is 7.82. The summed E-state index contributed by atoms with van der Waals surface area (Å²) in [5.74, 6) is -0.538. The zero-order chi connectivity index (χ0) is 27.6. The van der Waals surface area contributed by atoms with Crippen molar-refractivity contribution in [3.8, 4) is 11.8 Å². The molecule has 0 bridgehead atoms. The Hall–Kier alpha value is -3.78. The van der Waals surface area contributed by atoms with Gasteiger partial charge in [-0.2, -0.15) is 5.26 Å². The molecule has 0 atom stereocenters. The second kappa shape index (κ2) is 13.8. The number of nitrogens with zero attached hydrogens (tertiary/aromatic N) is 1. The van der Waals surface area contributed by atoms with Crippen molar-refractivity contribution < 1.29 is 17.9 Å². The normalized spacial score (nSPS) is 11.1. The lowest BCUT2D eigenvalue weighted by Gasteiger charge is -2.10. The van der Waals surface area contributed by atoms with Gasteiger partial charge in [0.1, 0.15) is 29.3 Å². The standard InChI is InChI=1S/C34H34F3NO/c1-2-3-4-5-6-19-39-30-17-16-26(33(36)22-30)11-7-24-10-18-31-28(20-24)15-14-27(34(31)37)12-8-25-9-13-29(23-38)32(35)21-25/h9-10,13-18,20-22H,2-8,11-12,19H2,1H3. The van der Waals surface area contributed by atoms with Gasteiger partial charge in [0.05, 0.1) is 12.2 Å². The van der Waals surface area contributed by atoms with Crippen LogP contribution in [0.3, 0.4) is 0 Å². The van der Waals surface area contributed by atoms with Crippen LogP contribution in [0.5, 0.6) is 5.75 Å². The van der Waals surface area contributed by atoms with Gasteiger partial charge in [-0.25, -0.2) is 13.2 Å². The third kappa shape index (κ3) is 7.63. The number of hydrogen-bond acceptors (Lipinski definition) is 2. The van der Waals surface area contributed by atoms with Gasteiger partial charge in [0.2, 0.25) is 0 Å². The average molecular weight is 530 g/mol. The summed E-state index contributed by atoms with van der Waals surface area (Å²) < 4.78 is 49.5. The Morgan fingerprint density at radius 2 is 1.41 bits per heavy atom. The van der Waals surface area contributed by atoms with E-state index < -0.39 is 5.82 Å². The van der Waals surface area contributed by atoms with E-state index in [0.717, 1.165) is 29.4 Å². The molecule has 0 N–H and O–H groups in total. The maximum absolute atomic E-state index is 15.2. The fourth-order valence-electron chi connectivity index (χ4n) is 4.81. The number of benzene rings is 4. The molecule has 0 saturated heterocycles. The number of nitriles is 1. The highest BCUT2D eigenvalue weighted by molar-refractivity contribution is 5.84. The van der Waals surface area contributed by atoms with Crippen LogP contribution in [0.4, 0.5) is 13.2 Å². The number of unbranched alkanes of at least 4 members (excludes halogenated alkanes) is 4. The molecular weight excluding hydrogens is 495 g/mol. The van der Waals surface area contributed by atoms with E-state index in [1.807, 2.05) is 30.3 Å². The lowest BCUT2D eigenvalue weighted by atomic mass is 9.97. The minimum Gasteiger partial charge on any atom is -0.493 e. The van der Waals surface area contributed by atoms with Gasteiger partial charge in [-0.05, 0) is 77.9 Å². The summed E-state index contributed by atoms with van der Waals surface area (Å²) in [4.78, 5) is 0. The smallest absolute Gasteiger partial charge is 0.141 e. The Morgan fingerprint density at radius 3 is 2.15 bits per heavy atom. The van der Waals surface area contributed by atoms with Crippen molar-refractivity contribution in [2.75, 3.05) is 6.61 Å². The Kier molecular flexibility index (Phi) is 10.0. The summed E-state index contributed by atoms with van der Waals surface area (Å²) in [7, 11) is 0. The maximum Gasteiger partial charge on any atom is 0.141 e. The molecule has 0 aliphatic rings. The van der Waals surface area contributed by atoms with E-state index >= 15 is 4.39 Å². The topological polar surface area (TPSA) is 33.0 Å². The third-order valence-electron chi connectivity index (χ3n) is 7.16. The van der Waals surface area contributed by atoms with Crippen molar-refractivity contribution >= 4 is 10.8 Å². The Balaban J connectivity index is 1.34. The molecule has 0 radical (unpaired) electrons. The van der Waals surface area contributed by atoms with Crippen LogP contribution >= 0.6 is 0 Å². The first kappa shape index (κ1) is 28.2. The highest BCUT2D eigenvalue weighted by Crippen LogP contribution is 2.25. The highest BCUT2D eigenvalue weighted by atomic mass is 19.1. The predicted octanol–water partition coefficient (Wildman–Crippen LogP) is 9.05. The Labute approximate surface area is 229 Å². The van der Waals surface area contributed by atoms with Crippen molar-refractivity contribution in [2.45, 2.75) is 64.7 Å². The van der Waals surface area contributed by atoms with Crippen LogP contribution in [0.2, 0.25) is 0 Å². The molecule has 0 heterocycles. The van der Waals surface area contributed by atoms with Crippen LogP contribution in [-0.4, -0.2) is 6.61 Å². The van der Waals surface area contributed by atoms with Crippen LogP contribution in [0, 0.1) is 28.8 Å². The van der Waals surface area contributed by atoms with Crippen molar-refractivity contribution in [3.05, 3.63) is 112 Å². The number of ether oxygens (including phenoxy) is 1. The highest BCUT2D eigenvalue weighted by Gasteiger charge is 2.11. The minimum atomic E-state index is -0.557. The number of halogens is 3. The second-order valence-corrected chi connectivity index (χ2v) is 10.0. The number of hydrogen-bond donors (Lipinski definition) is 0. The lowest BCUT2D eigenvalue weighted by Crippen LogP contribution is -2.00. The first-order chi connectivity index (χ1) is 19.0. The molecule has 0 spiro atoms. The van der Waals surface area contributed by atoms with Gasteiger partial charge in [-0.3, -0.25) is 0 Å². The molecule has 202 valence electrons. The molecule has 0 amide bonds. The van der Waals surface area contributed by atoms with Gasteiger partial charge in [0.25, 0.3) is 0 Å². The van der Waals surface area contributed by atoms with E-state index in [2.05, 4.69) is 6.92 Å². The molecular formula is C34H34F3NO. The van der Waals surface area contributed by atoms with Crippen LogP contribution in [0.1, 0.15) is 66.8 Å². The van der Waals surface area contributed by atoms with E-state index in [0.29, 0.717) is 54.6 Å². The maximum atomic E-state index is 15.2. The summed E-state index contributed by atoms with van der Waals surface area (Å²) in [5.41, 5.74) is 2.92. The second-order valence-electron chi connectivity index (χ2n) is 10.0. The third-order valence-corrected chi connectivity index (χ3v) is 7.16. The van der Waals surface area contributed by atoms with Gasteiger partial charge >= 0.3 is 0 Å². The molecule has 0 aliphatic heterocycles. The van der Waals surface area contributed by atoms with Crippen molar-refractivity contribution in [2.24, 2.45) is 0 Å². The fourth-order valence-corrected chi connectivity index (χ4v) is 4.81. The average Bonchev–Trinajstić information content (AvgIpc) is 2.94. The fraction of sp³-hybridized carbons (Fsp3) is 0.324. The van der Waals surface area contributed by atoms with Crippen molar-refractivity contribution in [3.63, 3.8) is 0 Å². The summed E-state index contributed by atoms with van der Waals surface area (Å²) in [5, 5.41) is 10.2. The molecule has 4 aromatic carbocycles. The molecule has 0 aliphatic carbocycles. The van der Waals surface area contributed by atoms with E-state index in [-0.39, 0.29) is 17.2 Å². The molecule has 5 heteroatoms. The zero-order valence-corrected chi connectivity index (χ0v) is 22.4. The van der Waals surface area contributed by atoms with Crippen molar-refractivity contribution in [1.29, 1.82) is 5.26 Å². The largest absolute Gasteiger partial charge is 0.493 e. The molecule has 0 unspecified atom stereocenters. The van der Waals surface area contributed by atoms with Crippen LogP contribution < -0.4 is 4.74 Å². The molecule has 39 heavy (non-hydrogen) atoms. The molecule has 0 saturated carbocycles. The van der Waals surface area contributed by atoms with Gasteiger partial charge in [0, 0.05) is 11.5 Å². The van der Waals surface area contributed by atoms with Crippen LogP contribution in [-0.2, 0) is 25.7 Å². The molecule has 4 rings (SSSR count). The molecule has 0 fully saturated rings. The molecule has 0 aromatic heterocycles. The Morgan fingerprint density at radius 1 is 0.692 bits per heavy atom. The van der Waals surface area contributed by atoms with E-state index in [1.165, 1.54) is 37.5 Å². The van der Waals surface area contributed by atoms with Crippen LogP contribution in [0.15, 0.2) is 66.7 Å². The van der Waals surface area contributed by atoms with E-state index in [4.69, 9.17) is 10.00 Å². The SMILES string of the molecule is CCCCCCCOc1ccc(CCc2ccc3c(F)c(CCc4ccc(C#N)c(F)c4)ccc3c2)c(F)c1. The van der Waals surface area contributed by atoms with Gasteiger partial charge in [-0.15, -0.1) is 0 Å². The molecule has 4 aromatic rings. The monoisotopic (exact) mass is 529 g/mol. The summed E-state index contributed by atoms with van der Waals surface area (Å²) in [6.45, 7) is 2.79. The van der Waals surface area contributed by atoms with Gasteiger partial charge in [-0.1, -0.05) is 75.1 Å². The lowest BCUT2D eigenvalue weighted by molar-refractivity contribution is 0.303. The Bertz CT molecular complexity index is 1460. The zero-order valence-electron chi connectivity index (χ0n) is 22.4. The van der Waals surface area contributed by atoms with Crippen molar-refractivity contribution in [1.82, 2.24) is 0 Å². The molecule has 2 nitrogen and oxygen atoms in total. The van der Waals surface area contributed by atoms with Gasteiger partial charge < -0.3 is 4.74 Å². The first-order valence-corrected chi connectivity index (χ1v) is 13.8. The predicted molar refractivity (Wildman–Crippen MR) is 150 cm³/mol. The number of rotatable bonds is 13. The van der Waals surface area contributed by atoms with Crippen LogP contribution in [0.25, 0.3) is 10.8 Å². The van der Waals surface area contributed by atoms with E-state index in [1.54, 1.807) is 24.3 Å².